The number of nitrogens with one attached hydrogen (secondary N) is 1. The first-order valence-corrected chi connectivity index (χ1v) is 5.04. The van der Waals surface area contributed by atoms with Crippen LogP contribution in [0.4, 0.5) is 18.0 Å². The predicted molar refractivity (Wildman–Crippen MR) is 60.8 cm³/mol. The summed E-state index contributed by atoms with van der Waals surface area (Å²) < 4.78 is 44.4. The second-order valence-corrected chi connectivity index (χ2v) is 3.94. The molecule has 1 aliphatic heterocycles. The third-order valence-corrected chi connectivity index (χ3v) is 2.77. The molecule has 1 fully saturated rings. The molecule has 1 amide bonds. The SMILES string of the molecule is Cl.O=C1N[C@@H](c2cccc(F)c2Cl)C(F)(F)CO1. The van der Waals surface area contributed by atoms with Crippen LogP contribution in [0.1, 0.15) is 11.6 Å². The van der Waals surface area contributed by atoms with Gasteiger partial charge in [-0.2, -0.15) is 0 Å². The van der Waals surface area contributed by atoms with Crippen molar-refractivity contribution < 1.29 is 22.7 Å². The van der Waals surface area contributed by atoms with Gasteiger partial charge in [0.2, 0.25) is 0 Å². The number of hydrogen-bond acceptors (Lipinski definition) is 2. The van der Waals surface area contributed by atoms with E-state index in [1.807, 2.05) is 5.32 Å². The van der Waals surface area contributed by atoms with Gasteiger partial charge >= 0.3 is 12.0 Å². The Bertz CT molecular complexity index is 470. The minimum absolute atomic E-state index is 0. The number of amides is 1. The number of benzene rings is 1. The van der Waals surface area contributed by atoms with Crippen LogP contribution in [0.2, 0.25) is 5.02 Å². The lowest BCUT2D eigenvalue weighted by Gasteiger charge is -2.32. The highest BCUT2D eigenvalue weighted by atomic mass is 35.5. The number of alkyl halides is 2. The molecule has 1 atom stereocenters. The molecular weight excluding hydrogens is 294 g/mol. The van der Waals surface area contributed by atoms with Crippen LogP contribution < -0.4 is 5.32 Å². The summed E-state index contributed by atoms with van der Waals surface area (Å²) in [6, 6.07) is 1.83. The summed E-state index contributed by atoms with van der Waals surface area (Å²) in [6.07, 6.45) is -0.985. The van der Waals surface area contributed by atoms with Crippen LogP contribution in [0, 0.1) is 5.82 Å². The molecule has 3 nitrogen and oxygen atoms in total. The summed E-state index contributed by atoms with van der Waals surface area (Å²) in [5.41, 5.74) is -0.173. The molecule has 0 spiro atoms. The number of halogens is 5. The van der Waals surface area contributed by atoms with Gasteiger partial charge in [0.1, 0.15) is 11.9 Å². The fraction of sp³-hybridized carbons (Fsp3) is 0.300. The molecule has 100 valence electrons. The number of carbonyl (C=O) groups excluding carboxylic acids is 1. The monoisotopic (exact) mass is 301 g/mol. The fourth-order valence-electron chi connectivity index (χ4n) is 1.56. The molecule has 2 rings (SSSR count). The number of cyclic esters (lactones) is 1. The first-order chi connectivity index (χ1) is 7.92. The standard InChI is InChI=1S/C10H7ClF3NO2.ClH/c11-7-5(2-1-3-6(7)12)8-10(13,14)4-17-9(16)15-8;/h1-3,8H,4H2,(H,15,16);1H/t8-;/m0./s1. The Kier molecular flexibility index (Phi) is 4.34. The van der Waals surface area contributed by atoms with E-state index in [2.05, 4.69) is 4.74 Å². The number of ether oxygens (including phenoxy) is 1. The van der Waals surface area contributed by atoms with Crippen LogP contribution >= 0.6 is 24.0 Å². The first-order valence-electron chi connectivity index (χ1n) is 4.67. The average molecular weight is 302 g/mol. The number of alkyl carbamates (subject to hydrolysis) is 1. The highest BCUT2D eigenvalue weighted by Gasteiger charge is 2.47. The Labute approximate surface area is 112 Å². The van der Waals surface area contributed by atoms with Crippen LogP contribution in [0.3, 0.4) is 0 Å². The molecule has 18 heavy (non-hydrogen) atoms. The highest BCUT2D eigenvalue weighted by Crippen LogP contribution is 2.38. The Morgan fingerprint density at radius 3 is 2.78 bits per heavy atom. The smallest absolute Gasteiger partial charge is 0.408 e. The molecule has 0 radical (unpaired) electrons. The van der Waals surface area contributed by atoms with Crippen molar-refractivity contribution in [3.63, 3.8) is 0 Å². The van der Waals surface area contributed by atoms with E-state index in [4.69, 9.17) is 11.6 Å². The molecule has 0 aliphatic carbocycles. The lowest BCUT2D eigenvalue weighted by Crippen LogP contribution is -2.49. The summed E-state index contributed by atoms with van der Waals surface area (Å²) in [4.78, 5) is 10.9. The van der Waals surface area contributed by atoms with Gasteiger partial charge in [-0.3, -0.25) is 0 Å². The van der Waals surface area contributed by atoms with Crippen LogP contribution in [-0.4, -0.2) is 18.6 Å². The lowest BCUT2D eigenvalue weighted by atomic mass is 10.00. The summed E-state index contributed by atoms with van der Waals surface area (Å²) in [6.45, 7) is -1.06. The maximum Gasteiger partial charge on any atom is 0.408 e. The Morgan fingerprint density at radius 2 is 2.11 bits per heavy atom. The minimum Gasteiger partial charge on any atom is -0.443 e. The largest absolute Gasteiger partial charge is 0.443 e. The van der Waals surface area contributed by atoms with Crippen LogP contribution in [0.15, 0.2) is 18.2 Å². The van der Waals surface area contributed by atoms with E-state index in [1.165, 1.54) is 12.1 Å². The van der Waals surface area contributed by atoms with Crippen molar-refractivity contribution in [3.8, 4) is 0 Å². The van der Waals surface area contributed by atoms with Crippen molar-refractivity contribution in [2.45, 2.75) is 12.0 Å². The van der Waals surface area contributed by atoms with Gasteiger partial charge < -0.3 is 10.1 Å². The van der Waals surface area contributed by atoms with Crippen molar-refractivity contribution in [2.24, 2.45) is 0 Å². The Balaban J connectivity index is 0.00000162. The van der Waals surface area contributed by atoms with Gasteiger partial charge in [0.05, 0.1) is 5.02 Å². The van der Waals surface area contributed by atoms with Gasteiger partial charge in [-0.05, 0) is 6.07 Å². The van der Waals surface area contributed by atoms with E-state index in [0.717, 1.165) is 6.07 Å². The van der Waals surface area contributed by atoms with Gasteiger partial charge in [0, 0.05) is 5.56 Å². The van der Waals surface area contributed by atoms with E-state index in [0.29, 0.717) is 0 Å². The van der Waals surface area contributed by atoms with Crippen molar-refractivity contribution in [1.82, 2.24) is 5.32 Å². The first kappa shape index (κ1) is 14.9. The second kappa shape index (κ2) is 5.24. The van der Waals surface area contributed by atoms with Crippen LogP contribution in [-0.2, 0) is 4.74 Å². The molecule has 0 bridgehead atoms. The molecule has 1 aliphatic rings. The average Bonchev–Trinajstić information content (AvgIpc) is 2.26. The molecule has 0 aromatic heterocycles. The van der Waals surface area contributed by atoms with Crippen molar-refractivity contribution in [2.75, 3.05) is 6.61 Å². The molecular formula is C10H8Cl2F3NO2. The second-order valence-electron chi connectivity index (χ2n) is 3.56. The quantitative estimate of drug-likeness (QED) is 0.864. The summed E-state index contributed by atoms with van der Waals surface area (Å²) in [5.74, 6) is -4.16. The van der Waals surface area contributed by atoms with Crippen LogP contribution in [0.25, 0.3) is 0 Å². The van der Waals surface area contributed by atoms with Gasteiger partial charge in [-0.1, -0.05) is 23.7 Å². The van der Waals surface area contributed by atoms with E-state index in [9.17, 15) is 18.0 Å². The van der Waals surface area contributed by atoms with Crippen LogP contribution in [0.5, 0.6) is 0 Å². The third kappa shape index (κ3) is 2.64. The summed E-state index contributed by atoms with van der Waals surface area (Å²) >= 11 is 5.60. The zero-order chi connectivity index (χ0) is 12.6. The third-order valence-electron chi connectivity index (χ3n) is 2.37. The summed E-state index contributed by atoms with van der Waals surface area (Å²) in [7, 11) is 0. The fourth-order valence-corrected chi connectivity index (χ4v) is 1.79. The predicted octanol–water partition coefficient (Wildman–Crippen LogP) is 3.32. The molecule has 0 unspecified atom stereocenters. The number of carbonyl (C=O) groups is 1. The maximum absolute atomic E-state index is 13.5. The molecule has 1 aromatic carbocycles. The molecule has 1 N–H and O–H groups in total. The minimum atomic E-state index is -3.34. The van der Waals surface area contributed by atoms with Gasteiger partial charge in [0.15, 0.2) is 6.61 Å². The molecule has 8 heteroatoms. The highest BCUT2D eigenvalue weighted by molar-refractivity contribution is 6.31. The topological polar surface area (TPSA) is 38.3 Å². The van der Waals surface area contributed by atoms with E-state index >= 15 is 0 Å². The molecule has 0 saturated carbocycles. The van der Waals surface area contributed by atoms with Crippen molar-refractivity contribution in [3.05, 3.63) is 34.6 Å². The van der Waals surface area contributed by atoms with Gasteiger partial charge in [-0.15, -0.1) is 12.4 Å². The lowest BCUT2D eigenvalue weighted by molar-refractivity contribution is -0.104. The van der Waals surface area contributed by atoms with Crippen molar-refractivity contribution >= 4 is 30.1 Å². The molecule has 1 saturated heterocycles. The maximum atomic E-state index is 13.5. The van der Waals surface area contributed by atoms with E-state index < -0.39 is 35.5 Å². The zero-order valence-corrected chi connectivity index (χ0v) is 10.3. The Hall–Kier alpha value is -1.14. The van der Waals surface area contributed by atoms with Gasteiger partial charge in [0.25, 0.3) is 0 Å². The number of rotatable bonds is 1. The molecule has 1 aromatic rings. The molecule has 1 heterocycles. The van der Waals surface area contributed by atoms with E-state index in [-0.39, 0.29) is 18.0 Å². The summed E-state index contributed by atoms with van der Waals surface area (Å²) in [5, 5.41) is 1.50. The Morgan fingerprint density at radius 1 is 1.44 bits per heavy atom. The van der Waals surface area contributed by atoms with Gasteiger partial charge in [-0.25, -0.2) is 18.0 Å². The van der Waals surface area contributed by atoms with Crippen molar-refractivity contribution in [1.29, 1.82) is 0 Å². The zero-order valence-electron chi connectivity index (χ0n) is 8.75. The van der Waals surface area contributed by atoms with E-state index in [1.54, 1.807) is 0 Å². The normalized spacial score (nSPS) is 21.6. The number of hydrogen-bond donors (Lipinski definition) is 1.